The van der Waals surface area contributed by atoms with Gasteiger partial charge in [0.2, 0.25) is 35.4 Å². The highest BCUT2D eigenvalue weighted by Gasteiger charge is 2.50. The lowest BCUT2D eigenvalue weighted by molar-refractivity contribution is -0.433. The molecule has 0 aliphatic carbocycles. The van der Waals surface area contributed by atoms with Gasteiger partial charge < -0.3 is 96.7 Å². The first kappa shape index (κ1) is 74.1. The number of phenols is 1. The first-order chi connectivity index (χ1) is 47.0. The fourth-order valence-corrected chi connectivity index (χ4v) is 13.2. The van der Waals surface area contributed by atoms with E-state index < -0.39 is 184 Å². The average molecular weight is 1400 g/mol. The predicted molar refractivity (Wildman–Crippen MR) is 349 cm³/mol. The number of piperazine rings is 1. The smallest absolute Gasteiger partial charge is 0.261 e. The molecule has 2 aromatic heterocycles. The van der Waals surface area contributed by atoms with Crippen molar-refractivity contribution < 1.29 is 98.3 Å². The second-order valence-electron chi connectivity index (χ2n) is 24.6. The van der Waals surface area contributed by atoms with Gasteiger partial charge in [-0.05, 0) is 91.7 Å². The van der Waals surface area contributed by atoms with Gasteiger partial charge in [-0.15, -0.1) is 10.2 Å². The number of pyridine rings is 1. The molecule has 0 saturated carbocycles. The zero-order chi connectivity index (χ0) is 70.3. The molecule has 3 aromatic carbocycles. The number of β-amino-alcohol motifs (C(OH)–C–C–N with tert-alkyl or cyclic N) is 1. The number of fused-ring (bicyclic) bond motifs is 2. The van der Waals surface area contributed by atoms with E-state index in [0.717, 1.165) is 72.8 Å². The summed E-state index contributed by atoms with van der Waals surface area (Å²) in [7, 11) is 0. The van der Waals surface area contributed by atoms with E-state index in [4.69, 9.17) is 9.44 Å². The number of amides is 7. The first-order valence-corrected chi connectivity index (χ1v) is 33.2. The Morgan fingerprint density at radius 3 is 2.03 bits per heavy atom. The van der Waals surface area contributed by atoms with Crippen molar-refractivity contribution in [3.05, 3.63) is 108 Å². The Hall–Kier alpha value is -8.11. The largest absolute Gasteiger partial charge is 0.504 e. The van der Waals surface area contributed by atoms with Crippen molar-refractivity contribution in [1.82, 2.24) is 61.8 Å². The molecule has 16 N–H and O–H groups in total. The molecule has 0 spiro atoms. The van der Waals surface area contributed by atoms with Crippen LogP contribution in [0.3, 0.4) is 0 Å². The number of anilines is 1. The monoisotopic (exact) mass is 1400 g/mol. The van der Waals surface area contributed by atoms with Gasteiger partial charge in [0.25, 0.3) is 18.2 Å². The number of rotatable bonds is 22. The van der Waals surface area contributed by atoms with Crippen LogP contribution in [0, 0.1) is 5.92 Å². The Bertz CT molecular complexity index is 3520. The minimum Gasteiger partial charge on any atom is -0.504 e. The molecule has 4 fully saturated rings. The van der Waals surface area contributed by atoms with E-state index in [0.29, 0.717) is 15.6 Å². The average Bonchev–Trinajstić information content (AvgIpc) is 1.62. The number of aliphatic hydroxyl groups excluding tert-OH is 8. The number of nitrogens with zero attached hydrogens (tertiary/aromatic N) is 7. The molecule has 6 heterocycles. The summed E-state index contributed by atoms with van der Waals surface area (Å²) in [6, 6.07) is 9.45. The number of phenolic OH excluding ortho intramolecular Hbond substituents is 1. The van der Waals surface area contributed by atoms with Gasteiger partial charge in [0, 0.05) is 112 Å². The predicted octanol–water partition coefficient (Wildman–Crippen LogP) is -3.06. The lowest BCUT2D eigenvalue weighted by Gasteiger charge is -2.36. The number of carbonyl (C=O) groups is 7. The molecule has 530 valence electrons. The van der Waals surface area contributed by atoms with Crippen LogP contribution in [-0.4, -0.2) is 267 Å². The second-order valence-corrected chi connectivity index (χ2v) is 26.0. The van der Waals surface area contributed by atoms with Crippen molar-refractivity contribution in [2.45, 2.75) is 125 Å². The second kappa shape index (κ2) is 34.6. The molecule has 5 aromatic rings. The van der Waals surface area contributed by atoms with Crippen molar-refractivity contribution in [3.8, 4) is 32.6 Å². The van der Waals surface area contributed by atoms with Gasteiger partial charge in [0.1, 0.15) is 46.3 Å². The van der Waals surface area contributed by atoms with Gasteiger partial charge >= 0.3 is 0 Å². The van der Waals surface area contributed by atoms with Crippen molar-refractivity contribution in [3.63, 3.8) is 0 Å². The maximum atomic E-state index is 15.0. The molecule has 9 rings (SSSR count). The maximum absolute atomic E-state index is 15.0. The highest BCUT2D eigenvalue weighted by molar-refractivity contribution is 7.90. The highest BCUT2D eigenvalue weighted by Crippen LogP contribution is 2.34. The minimum absolute atomic E-state index is 0.0128. The number of benzene rings is 3. The number of hydrogen-bond acceptors (Lipinski definition) is 28. The van der Waals surface area contributed by atoms with Crippen LogP contribution in [-0.2, 0) is 51.1 Å². The van der Waals surface area contributed by atoms with E-state index in [-0.39, 0.29) is 42.3 Å². The van der Waals surface area contributed by atoms with Crippen LogP contribution in [0.25, 0.3) is 21.1 Å². The SMILES string of the molecule is C[C@@H](O)[C@@H]1NC(=O)[C@@H](NC(=O)c2ccc(-c3nnc(-c4ccc(N5CCN(Cc6ccncc6)CC5)cc4)s3)cc2)C[C@@H](O)CNC(=O)[C@@H]2[C@@H](O)[C@@H](C)CN2C(=O)[C@H]([C@H](O)CCNC(CO)CO)NC(=O)[C@H]([C@H](O)Cc2ccc(O)c(OSOOO)c2)NC(=O)[C@@H]2C[C@@H](O)CN2C1=O. The summed E-state index contributed by atoms with van der Waals surface area (Å²) in [6.07, 6.45) is -9.09. The maximum Gasteiger partial charge on any atom is 0.261 e. The molecule has 4 saturated heterocycles. The Balaban J connectivity index is 0.965. The van der Waals surface area contributed by atoms with Crippen LogP contribution in [0.15, 0.2) is 91.3 Å². The van der Waals surface area contributed by atoms with Crippen LogP contribution in [0.2, 0.25) is 0 Å². The molecule has 0 unspecified atom stereocenters. The fourth-order valence-electron chi connectivity index (χ4n) is 12.1. The van der Waals surface area contributed by atoms with E-state index in [1.54, 1.807) is 24.5 Å². The number of hydrogen-bond donors (Lipinski definition) is 16. The normalized spacial score (nSPS) is 25.1. The van der Waals surface area contributed by atoms with Gasteiger partial charge in [-0.2, -0.15) is 0 Å². The van der Waals surface area contributed by atoms with Crippen molar-refractivity contribution in [2.24, 2.45) is 5.92 Å². The van der Waals surface area contributed by atoms with Crippen LogP contribution in [0.1, 0.15) is 54.6 Å². The van der Waals surface area contributed by atoms with Crippen molar-refractivity contribution in [1.29, 1.82) is 0 Å². The number of nitrogens with one attached hydrogen (secondary N) is 6. The fraction of sp³-hybridized carbons (Fsp3) is 0.492. The molecule has 4 aliphatic heterocycles. The molecule has 35 heteroatoms. The highest BCUT2D eigenvalue weighted by atomic mass is 32.2. The van der Waals surface area contributed by atoms with Crippen LogP contribution < -0.4 is 41.0 Å². The van der Waals surface area contributed by atoms with Crippen LogP contribution >= 0.6 is 23.7 Å². The number of aliphatic hydroxyl groups is 8. The summed E-state index contributed by atoms with van der Waals surface area (Å²) in [5, 5.41) is 136. The van der Waals surface area contributed by atoms with Crippen molar-refractivity contribution >= 4 is 70.7 Å². The third-order valence-corrected chi connectivity index (χ3v) is 18.9. The lowest BCUT2D eigenvalue weighted by atomic mass is 9.98. The first-order valence-electron chi connectivity index (χ1n) is 31.7. The Morgan fingerprint density at radius 1 is 0.735 bits per heavy atom. The van der Waals surface area contributed by atoms with Gasteiger partial charge in [0.15, 0.2) is 11.5 Å². The topological polar surface area (TPSA) is 473 Å². The van der Waals surface area contributed by atoms with E-state index in [2.05, 4.69) is 66.3 Å². The lowest BCUT2D eigenvalue weighted by Crippen LogP contribution is -2.64. The Morgan fingerprint density at radius 2 is 1.38 bits per heavy atom. The zero-order valence-corrected chi connectivity index (χ0v) is 55.0. The van der Waals surface area contributed by atoms with Gasteiger partial charge in [-0.25, -0.2) is 5.26 Å². The molecular weight excluding hydrogens is 1320 g/mol. The molecule has 13 atom stereocenters. The summed E-state index contributed by atoms with van der Waals surface area (Å²) < 4.78 is 9.37. The summed E-state index contributed by atoms with van der Waals surface area (Å²) in [5.41, 5.74) is 3.85. The molecule has 7 amide bonds. The molecular formula is C63H81N13O20S2. The van der Waals surface area contributed by atoms with Crippen LogP contribution in [0.5, 0.6) is 11.5 Å². The van der Waals surface area contributed by atoms with Crippen molar-refractivity contribution in [2.75, 3.05) is 70.5 Å². The number of aromatic hydroxyl groups is 1. The quantitative estimate of drug-likeness (QED) is 0.0142. The molecule has 33 nitrogen and oxygen atoms in total. The zero-order valence-electron chi connectivity index (χ0n) is 53.4. The van der Waals surface area contributed by atoms with E-state index in [9.17, 15) is 79.5 Å². The number of aromatic nitrogens is 3. The summed E-state index contributed by atoms with van der Waals surface area (Å²) in [4.78, 5) is 113. The van der Waals surface area contributed by atoms with E-state index in [1.165, 1.54) is 42.0 Å². The number of carbonyl (C=O) groups excluding carboxylic acids is 7. The summed E-state index contributed by atoms with van der Waals surface area (Å²) in [6.45, 7) is 4.06. The third kappa shape index (κ3) is 18.8. The Labute approximate surface area is 570 Å². The van der Waals surface area contributed by atoms with Gasteiger partial charge in [-0.3, -0.25) is 43.4 Å². The molecule has 0 radical (unpaired) electrons. The Kier molecular flexibility index (Phi) is 26.2. The minimum atomic E-state index is -2.16. The van der Waals surface area contributed by atoms with Crippen LogP contribution in [0.4, 0.5) is 5.69 Å². The standard InChI is InChI=1S/C63H81N13O20S2/c1-33-28-76-53(54(33)85)59(90)66-27-42(80)25-44(67-55(86)37-4-6-38(7-5-37)60-71-72-61(97-60)39-8-10-41(11-9-39)74-21-19-73(20-22-74)29-35-13-16-64-17-14-35)56(87)68-50(34(2)79)62(91)75-30-43(81)26-45(75)57(88)69-51(48(84)23-36-3-12-46(82)49(24-36)94-98-96-95-93)58(89)70-52(63(76)92)47(83)15-18-65-40(31-77)32-78/h3-14,16-17,24,33-34,40,42-45,47-48,50-54,65,77-85,93H,15,18-23,25-32H2,1-2H3,(H,66,90)(H,67,86)(H,68,87)(H,69,88)(H,70,89)/t33-,34+,42+,43+,44-,45-,47+,48+,50-,51-,52-,53-,54-/m0/s1. The molecule has 0 bridgehead atoms. The van der Waals surface area contributed by atoms with E-state index >= 15 is 0 Å². The molecule has 98 heavy (non-hydrogen) atoms. The molecule has 4 aliphatic rings. The van der Waals surface area contributed by atoms with E-state index in [1.807, 2.05) is 36.4 Å². The third-order valence-electron chi connectivity index (χ3n) is 17.5. The van der Waals surface area contributed by atoms with Gasteiger partial charge in [-0.1, -0.05) is 45.8 Å². The summed E-state index contributed by atoms with van der Waals surface area (Å²) >= 11 is 1.39. The summed E-state index contributed by atoms with van der Waals surface area (Å²) in [5.74, 6) is -9.63. The van der Waals surface area contributed by atoms with Gasteiger partial charge in [0.05, 0.1) is 55.9 Å².